The lowest BCUT2D eigenvalue weighted by atomic mass is 10.1. The largest absolute Gasteiger partial charge is 0.375 e. The highest BCUT2D eigenvalue weighted by molar-refractivity contribution is 5.77. The Balaban J connectivity index is 1.41. The van der Waals surface area contributed by atoms with Crippen molar-refractivity contribution in [2.75, 3.05) is 53.0 Å². The zero-order valence-electron chi connectivity index (χ0n) is 13.5. The van der Waals surface area contributed by atoms with Gasteiger partial charge in [0.2, 0.25) is 5.91 Å². The van der Waals surface area contributed by atoms with Crippen molar-refractivity contribution in [3.63, 3.8) is 0 Å². The molecule has 0 bridgehead atoms. The summed E-state index contributed by atoms with van der Waals surface area (Å²) in [4.78, 5) is 16.5. The maximum absolute atomic E-state index is 12.4. The van der Waals surface area contributed by atoms with Crippen LogP contribution in [0.25, 0.3) is 0 Å². The van der Waals surface area contributed by atoms with E-state index in [1.807, 2.05) is 4.90 Å². The SMILES string of the molecule is CN1CCC(OCC(=O)N2CCOC(C3CCCO3)C2)CC1. The average Bonchev–Trinajstić information content (AvgIpc) is 3.09. The third-order valence-corrected chi connectivity index (χ3v) is 4.93. The van der Waals surface area contributed by atoms with Crippen molar-refractivity contribution < 1.29 is 19.0 Å². The van der Waals surface area contributed by atoms with E-state index in [0.717, 1.165) is 45.4 Å². The summed E-state index contributed by atoms with van der Waals surface area (Å²) in [5.74, 6) is 0.0882. The molecule has 3 fully saturated rings. The van der Waals surface area contributed by atoms with Crippen LogP contribution in [0.15, 0.2) is 0 Å². The van der Waals surface area contributed by atoms with Gasteiger partial charge in [0.25, 0.3) is 0 Å². The van der Waals surface area contributed by atoms with Gasteiger partial charge in [0, 0.05) is 32.8 Å². The summed E-state index contributed by atoms with van der Waals surface area (Å²) in [6.45, 7) is 5.03. The topological polar surface area (TPSA) is 51.2 Å². The Morgan fingerprint density at radius 2 is 1.86 bits per heavy atom. The lowest BCUT2D eigenvalue weighted by molar-refractivity contribution is -0.151. The quantitative estimate of drug-likeness (QED) is 0.757. The summed E-state index contributed by atoms with van der Waals surface area (Å²) in [5, 5.41) is 0. The van der Waals surface area contributed by atoms with Crippen molar-refractivity contribution in [1.82, 2.24) is 9.80 Å². The molecule has 0 aromatic heterocycles. The van der Waals surface area contributed by atoms with Gasteiger partial charge in [-0.05, 0) is 32.7 Å². The van der Waals surface area contributed by atoms with Crippen LogP contribution in [0.3, 0.4) is 0 Å². The second kappa shape index (κ2) is 7.73. The molecule has 3 aliphatic heterocycles. The molecule has 0 aromatic rings. The first-order chi connectivity index (χ1) is 10.7. The van der Waals surface area contributed by atoms with Crippen molar-refractivity contribution in [1.29, 1.82) is 0 Å². The molecule has 22 heavy (non-hydrogen) atoms. The molecular formula is C16H28N2O4. The van der Waals surface area contributed by atoms with Gasteiger partial charge in [0.15, 0.2) is 0 Å². The van der Waals surface area contributed by atoms with Crippen LogP contribution < -0.4 is 0 Å². The molecule has 3 rings (SSSR count). The van der Waals surface area contributed by atoms with E-state index in [2.05, 4.69) is 11.9 Å². The Morgan fingerprint density at radius 1 is 1.09 bits per heavy atom. The zero-order chi connectivity index (χ0) is 15.4. The number of morpholine rings is 1. The smallest absolute Gasteiger partial charge is 0.248 e. The van der Waals surface area contributed by atoms with Gasteiger partial charge in [-0.2, -0.15) is 0 Å². The second-order valence-corrected chi connectivity index (χ2v) is 6.61. The number of hydrogen-bond donors (Lipinski definition) is 0. The molecule has 0 radical (unpaired) electrons. The normalized spacial score (nSPS) is 31.6. The van der Waals surface area contributed by atoms with Gasteiger partial charge in [-0.3, -0.25) is 4.79 Å². The first-order valence-electron chi connectivity index (χ1n) is 8.53. The van der Waals surface area contributed by atoms with Crippen LogP contribution >= 0.6 is 0 Å². The van der Waals surface area contributed by atoms with Crippen LogP contribution in [0.2, 0.25) is 0 Å². The molecular weight excluding hydrogens is 284 g/mol. The standard InChI is InChI=1S/C16H28N2O4/c1-17-6-4-13(5-7-17)22-12-16(19)18-8-10-21-15(11-18)14-3-2-9-20-14/h13-15H,2-12H2,1H3. The maximum atomic E-state index is 12.4. The molecule has 0 saturated carbocycles. The fraction of sp³-hybridized carbons (Fsp3) is 0.938. The van der Waals surface area contributed by atoms with Crippen LogP contribution in [0.4, 0.5) is 0 Å². The van der Waals surface area contributed by atoms with Crippen molar-refractivity contribution in [2.45, 2.75) is 44.0 Å². The van der Waals surface area contributed by atoms with Gasteiger partial charge < -0.3 is 24.0 Å². The number of nitrogens with zero attached hydrogens (tertiary/aromatic N) is 2. The van der Waals surface area contributed by atoms with E-state index in [4.69, 9.17) is 14.2 Å². The Hall–Kier alpha value is -0.690. The number of likely N-dealkylation sites (tertiary alicyclic amines) is 1. The minimum absolute atomic E-state index is 0.0310. The fourth-order valence-corrected chi connectivity index (χ4v) is 3.45. The van der Waals surface area contributed by atoms with Gasteiger partial charge in [-0.25, -0.2) is 0 Å². The molecule has 2 atom stereocenters. The number of amides is 1. The van der Waals surface area contributed by atoms with E-state index < -0.39 is 0 Å². The highest BCUT2D eigenvalue weighted by atomic mass is 16.5. The first-order valence-corrected chi connectivity index (χ1v) is 8.53. The minimum Gasteiger partial charge on any atom is -0.375 e. The summed E-state index contributed by atoms with van der Waals surface area (Å²) in [5.41, 5.74) is 0. The number of carbonyl (C=O) groups excluding carboxylic acids is 1. The van der Waals surface area contributed by atoms with Gasteiger partial charge >= 0.3 is 0 Å². The molecule has 3 saturated heterocycles. The lowest BCUT2D eigenvalue weighted by Crippen LogP contribution is -2.51. The van der Waals surface area contributed by atoms with Crippen LogP contribution in [0.1, 0.15) is 25.7 Å². The molecule has 0 N–H and O–H groups in total. The fourth-order valence-electron chi connectivity index (χ4n) is 3.45. The Morgan fingerprint density at radius 3 is 2.59 bits per heavy atom. The highest BCUT2D eigenvalue weighted by Crippen LogP contribution is 2.21. The van der Waals surface area contributed by atoms with Crippen LogP contribution in [0, 0.1) is 0 Å². The number of carbonyl (C=O) groups is 1. The van der Waals surface area contributed by atoms with Crippen LogP contribution in [-0.2, 0) is 19.0 Å². The molecule has 0 aromatic carbocycles. The molecule has 0 aliphatic carbocycles. The predicted molar refractivity (Wildman–Crippen MR) is 81.8 cm³/mol. The summed E-state index contributed by atoms with van der Waals surface area (Å²) in [6, 6.07) is 0. The third-order valence-electron chi connectivity index (χ3n) is 4.93. The second-order valence-electron chi connectivity index (χ2n) is 6.61. The molecule has 3 aliphatic rings. The van der Waals surface area contributed by atoms with Gasteiger partial charge in [-0.15, -0.1) is 0 Å². The molecule has 1 amide bonds. The van der Waals surface area contributed by atoms with Gasteiger partial charge in [-0.1, -0.05) is 0 Å². The third kappa shape index (κ3) is 4.19. The highest BCUT2D eigenvalue weighted by Gasteiger charge is 2.33. The number of rotatable bonds is 4. The Kier molecular flexibility index (Phi) is 5.68. The molecule has 0 spiro atoms. The van der Waals surface area contributed by atoms with E-state index in [0.29, 0.717) is 19.7 Å². The van der Waals surface area contributed by atoms with Crippen molar-refractivity contribution >= 4 is 5.91 Å². The summed E-state index contributed by atoms with van der Waals surface area (Å²) in [6.07, 6.45) is 4.59. The predicted octanol–water partition coefficient (Wildman–Crippen LogP) is 0.504. The first kappa shape index (κ1) is 16.2. The van der Waals surface area contributed by atoms with E-state index in [1.165, 1.54) is 0 Å². The van der Waals surface area contributed by atoms with Gasteiger partial charge in [0.1, 0.15) is 12.7 Å². The van der Waals surface area contributed by atoms with Gasteiger partial charge in [0.05, 0.1) is 18.8 Å². The van der Waals surface area contributed by atoms with Crippen LogP contribution in [0.5, 0.6) is 0 Å². The average molecular weight is 312 g/mol. The summed E-state index contributed by atoms with van der Waals surface area (Å²) >= 11 is 0. The molecule has 6 heteroatoms. The maximum Gasteiger partial charge on any atom is 0.248 e. The Labute approximate surface area is 132 Å². The summed E-state index contributed by atoms with van der Waals surface area (Å²) < 4.78 is 17.3. The van der Waals surface area contributed by atoms with E-state index in [1.54, 1.807) is 0 Å². The van der Waals surface area contributed by atoms with Crippen molar-refractivity contribution in [3.05, 3.63) is 0 Å². The number of piperidine rings is 1. The van der Waals surface area contributed by atoms with E-state index in [-0.39, 0.29) is 30.8 Å². The molecule has 6 nitrogen and oxygen atoms in total. The van der Waals surface area contributed by atoms with Crippen molar-refractivity contribution in [3.8, 4) is 0 Å². The van der Waals surface area contributed by atoms with E-state index in [9.17, 15) is 4.79 Å². The number of hydrogen-bond acceptors (Lipinski definition) is 5. The molecule has 2 unspecified atom stereocenters. The van der Waals surface area contributed by atoms with E-state index >= 15 is 0 Å². The molecule has 126 valence electrons. The van der Waals surface area contributed by atoms with Crippen LogP contribution in [-0.4, -0.2) is 87.1 Å². The Bertz CT molecular complexity index is 365. The lowest BCUT2D eigenvalue weighted by Gasteiger charge is -2.36. The monoisotopic (exact) mass is 312 g/mol. The minimum atomic E-state index is 0.0310. The zero-order valence-corrected chi connectivity index (χ0v) is 13.5. The van der Waals surface area contributed by atoms with Crippen molar-refractivity contribution in [2.24, 2.45) is 0 Å². The number of ether oxygens (including phenoxy) is 3. The summed E-state index contributed by atoms with van der Waals surface area (Å²) in [7, 11) is 2.13. The molecule has 3 heterocycles.